The normalized spacial score (nSPS) is 13.8. The molecule has 14 heteroatoms. The standard InChI is InChI=1S/C45H50Cl2N2O10/c1-43(2,3)58-41(52)48-25-39(50)56-33(23-46)27-54-31-19-15-29(16-20-31)45(37-13-9-7-11-35(37)36-12-8-10-14-38(36)45)30-17-21-32(22-18-30)55-28-34(24-47)57-40(51)26-49-42(53)59-44(4,5)6/h7-22,33-34H,23-28H2,1-6H3,(H,48,52)(H,49,53)/t33-,34?/m1/s1. The van der Waals surface area contributed by atoms with Crippen molar-refractivity contribution in [3.05, 3.63) is 119 Å². The Morgan fingerprint density at radius 2 is 0.915 bits per heavy atom. The van der Waals surface area contributed by atoms with Gasteiger partial charge in [-0.3, -0.25) is 9.59 Å². The molecule has 0 heterocycles. The lowest BCUT2D eigenvalue weighted by Crippen LogP contribution is -2.38. The van der Waals surface area contributed by atoms with Crippen LogP contribution in [0.2, 0.25) is 0 Å². The number of carbonyl (C=O) groups excluding carboxylic acids is 4. The SMILES string of the molecule is CC(C)(C)OC(=O)NCC(=O)OC(CCl)COc1ccc(C2(c3ccc(OC[C@@H](CCl)OC(=O)CNC(=O)OC(C)(C)C)cc3)c3ccccc3-c3ccccc32)cc1. The van der Waals surface area contributed by atoms with Crippen LogP contribution in [0.15, 0.2) is 97.1 Å². The van der Waals surface area contributed by atoms with Gasteiger partial charge in [-0.25, -0.2) is 9.59 Å². The van der Waals surface area contributed by atoms with Gasteiger partial charge in [0, 0.05) is 0 Å². The van der Waals surface area contributed by atoms with E-state index in [9.17, 15) is 19.2 Å². The Morgan fingerprint density at radius 3 is 1.25 bits per heavy atom. The number of amides is 2. The molecule has 12 nitrogen and oxygen atoms in total. The first kappa shape index (κ1) is 44.6. The van der Waals surface area contributed by atoms with Gasteiger partial charge in [0.15, 0.2) is 0 Å². The van der Waals surface area contributed by atoms with Crippen LogP contribution in [0, 0.1) is 0 Å². The fourth-order valence-electron chi connectivity index (χ4n) is 6.60. The third kappa shape index (κ3) is 11.8. The number of halogens is 2. The zero-order valence-corrected chi connectivity index (χ0v) is 35.5. The molecule has 0 fully saturated rings. The minimum Gasteiger partial charge on any atom is -0.490 e. The molecule has 0 spiro atoms. The lowest BCUT2D eigenvalue weighted by molar-refractivity contribution is -0.149. The highest BCUT2D eigenvalue weighted by Gasteiger charge is 2.46. The number of alkyl carbamates (subject to hydrolysis) is 2. The Balaban J connectivity index is 1.30. The van der Waals surface area contributed by atoms with E-state index in [2.05, 4.69) is 34.9 Å². The van der Waals surface area contributed by atoms with E-state index in [1.165, 1.54) is 0 Å². The molecular formula is C45H50Cl2N2O10. The van der Waals surface area contributed by atoms with Crippen molar-refractivity contribution in [3.63, 3.8) is 0 Å². The van der Waals surface area contributed by atoms with E-state index in [1.54, 1.807) is 41.5 Å². The summed E-state index contributed by atoms with van der Waals surface area (Å²) in [6.07, 6.45) is -2.99. The highest BCUT2D eigenvalue weighted by atomic mass is 35.5. The second-order valence-electron chi connectivity index (χ2n) is 15.8. The predicted molar refractivity (Wildman–Crippen MR) is 224 cm³/mol. The molecule has 59 heavy (non-hydrogen) atoms. The average Bonchev–Trinajstić information content (AvgIpc) is 3.49. The molecule has 2 amide bonds. The van der Waals surface area contributed by atoms with Crippen LogP contribution < -0.4 is 20.1 Å². The van der Waals surface area contributed by atoms with E-state index >= 15 is 0 Å². The summed E-state index contributed by atoms with van der Waals surface area (Å²) >= 11 is 12.2. The number of rotatable bonds is 16. The Labute approximate surface area is 354 Å². The number of ether oxygens (including phenoxy) is 6. The minimum atomic E-state index is -0.766. The van der Waals surface area contributed by atoms with Gasteiger partial charge in [-0.2, -0.15) is 0 Å². The van der Waals surface area contributed by atoms with Crippen molar-refractivity contribution in [1.82, 2.24) is 10.6 Å². The van der Waals surface area contributed by atoms with Crippen molar-refractivity contribution in [1.29, 1.82) is 0 Å². The molecule has 4 aromatic carbocycles. The Bertz CT molecular complexity index is 1930. The maximum atomic E-state index is 12.4. The van der Waals surface area contributed by atoms with Crippen LogP contribution in [0.5, 0.6) is 11.5 Å². The number of alkyl halides is 2. The molecule has 0 bridgehead atoms. The quantitative estimate of drug-likeness (QED) is 0.0566. The number of benzene rings is 4. The summed E-state index contributed by atoms with van der Waals surface area (Å²) in [6, 6.07) is 32.2. The molecular weight excluding hydrogens is 799 g/mol. The van der Waals surface area contributed by atoms with Gasteiger partial charge in [0.1, 0.15) is 61.2 Å². The molecule has 1 aliphatic carbocycles. The summed E-state index contributed by atoms with van der Waals surface area (Å²) in [4.78, 5) is 48.7. The number of carbonyl (C=O) groups is 4. The highest BCUT2D eigenvalue weighted by Crippen LogP contribution is 2.56. The summed E-state index contributed by atoms with van der Waals surface area (Å²) in [6.45, 7) is 9.56. The molecule has 314 valence electrons. The van der Waals surface area contributed by atoms with Crippen LogP contribution in [-0.2, 0) is 34.0 Å². The van der Waals surface area contributed by atoms with Gasteiger partial charge in [-0.1, -0.05) is 72.8 Å². The lowest BCUT2D eigenvalue weighted by Gasteiger charge is -2.34. The van der Waals surface area contributed by atoms with Crippen molar-refractivity contribution < 1.29 is 47.6 Å². The van der Waals surface area contributed by atoms with Crippen molar-refractivity contribution in [2.75, 3.05) is 38.1 Å². The molecule has 5 rings (SSSR count). The predicted octanol–water partition coefficient (Wildman–Crippen LogP) is 8.16. The van der Waals surface area contributed by atoms with Crippen LogP contribution in [0.4, 0.5) is 9.59 Å². The summed E-state index contributed by atoms with van der Waals surface area (Å²) in [7, 11) is 0. The van der Waals surface area contributed by atoms with Gasteiger partial charge in [-0.15, -0.1) is 23.2 Å². The third-order valence-electron chi connectivity index (χ3n) is 8.89. The summed E-state index contributed by atoms with van der Waals surface area (Å²) in [5.74, 6) is -0.301. The Hall–Kier alpha value is -5.46. The summed E-state index contributed by atoms with van der Waals surface area (Å²) < 4.78 is 33.2. The average molecular weight is 850 g/mol. The van der Waals surface area contributed by atoms with E-state index < -0.39 is 53.0 Å². The molecule has 0 saturated carbocycles. The van der Waals surface area contributed by atoms with Crippen LogP contribution in [0.3, 0.4) is 0 Å². The Kier molecular flexibility index (Phi) is 14.8. The molecule has 0 aromatic heterocycles. The molecule has 0 aliphatic heterocycles. The third-order valence-corrected chi connectivity index (χ3v) is 9.58. The van der Waals surface area contributed by atoms with Gasteiger partial charge in [-0.05, 0) is 99.2 Å². The fraction of sp³-hybridized carbons (Fsp3) is 0.378. The second-order valence-corrected chi connectivity index (χ2v) is 16.4. The van der Waals surface area contributed by atoms with Crippen molar-refractivity contribution in [2.24, 2.45) is 0 Å². The minimum absolute atomic E-state index is 0.00789. The second kappa shape index (κ2) is 19.5. The molecule has 2 atom stereocenters. The molecule has 4 aromatic rings. The first-order valence-corrected chi connectivity index (χ1v) is 20.2. The van der Waals surface area contributed by atoms with E-state index in [4.69, 9.17) is 51.6 Å². The van der Waals surface area contributed by atoms with Gasteiger partial charge >= 0.3 is 24.1 Å². The maximum Gasteiger partial charge on any atom is 0.408 e. The molecule has 0 radical (unpaired) electrons. The number of nitrogens with one attached hydrogen (secondary N) is 2. The molecule has 2 N–H and O–H groups in total. The molecule has 1 unspecified atom stereocenters. The monoisotopic (exact) mass is 848 g/mol. The van der Waals surface area contributed by atoms with E-state index in [0.717, 1.165) is 33.4 Å². The zero-order chi connectivity index (χ0) is 42.8. The summed E-state index contributed by atoms with van der Waals surface area (Å²) in [5, 5.41) is 4.76. The van der Waals surface area contributed by atoms with Crippen LogP contribution in [0.1, 0.15) is 63.8 Å². The van der Waals surface area contributed by atoms with Gasteiger partial charge in [0.2, 0.25) is 0 Å². The van der Waals surface area contributed by atoms with Crippen molar-refractivity contribution in [2.45, 2.75) is 70.4 Å². The van der Waals surface area contributed by atoms with E-state index in [-0.39, 0.29) is 38.1 Å². The topological polar surface area (TPSA) is 148 Å². The maximum absolute atomic E-state index is 12.4. The molecule has 0 saturated heterocycles. The Morgan fingerprint density at radius 1 is 0.559 bits per heavy atom. The first-order valence-electron chi connectivity index (χ1n) is 19.1. The smallest absolute Gasteiger partial charge is 0.408 e. The fourth-order valence-corrected chi connectivity index (χ4v) is 6.90. The highest BCUT2D eigenvalue weighted by molar-refractivity contribution is 6.18. The van der Waals surface area contributed by atoms with Gasteiger partial charge < -0.3 is 39.1 Å². The largest absolute Gasteiger partial charge is 0.490 e. The lowest BCUT2D eigenvalue weighted by atomic mass is 9.68. The first-order chi connectivity index (χ1) is 28.0. The van der Waals surface area contributed by atoms with Gasteiger partial charge in [0.05, 0.1) is 17.2 Å². The van der Waals surface area contributed by atoms with Crippen LogP contribution >= 0.6 is 23.2 Å². The van der Waals surface area contributed by atoms with Crippen molar-refractivity contribution in [3.8, 4) is 22.6 Å². The van der Waals surface area contributed by atoms with Gasteiger partial charge in [0.25, 0.3) is 0 Å². The summed E-state index contributed by atoms with van der Waals surface area (Å²) in [5.41, 5.74) is 4.28. The van der Waals surface area contributed by atoms with Crippen LogP contribution in [0.25, 0.3) is 11.1 Å². The van der Waals surface area contributed by atoms with E-state index in [0.29, 0.717) is 11.5 Å². The van der Waals surface area contributed by atoms with Crippen molar-refractivity contribution >= 4 is 47.3 Å². The number of hydrogen-bond donors (Lipinski definition) is 2. The number of hydrogen-bond acceptors (Lipinski definition) is 10. The number of fused-ring (bicyclic) bond motifs is 3. The van der Waals surface area contributed by atoms with Crippen LogP contribution in [-0.4, -0.2) is 85.6 Å². The number of esters is 2. The zero-order valence-electron chi connectivity index (χ0n) is 34.0. The van der Waals surface area contributed by atoms with E-state index in [1.807, 2.05) is 72.8 Å². The molecule has 1 aliphatic rings.